The molecule has 23 heavy (non-hydrogen) atoms. The molecule has 1 N–H and O–H groups in total. The Labute approximate surface area is 140 Å². The van der Waals surface area contributed by atoms with Gasteiger partial charge in [-0.05, 0) is 30.5 Å². The molecular weight excluding hydrogens is 330 g/mol. The molecule has 122 valence electrons. The SMILES string of the molecule is CS(=O)(=O)Nc1ccc(C2=CSC3=N[C@H]4CCCC[C@@H]4N23)cc1. The Morgan fingerprint density at radius 3 is 2.70 bits per heavy atom. The van der Waals surface area contributed by atoms with Crippen LogP contribution in [0.5, 0.6) is 0 Å². The fraction of sp³-hybridized carbons (Fsp3) is 0.438. The summed E-state index contributed by atoms with van der Waals surface area (Å²) in [5, 5.41) is 3.28. The Bertz CT molecular complexity index is 784. The van der Waals surface area contributed by atoms with Gasteiger partial charge in [0.25, 0.3) is 0 Å². The van der Waals surface area contributed by atoms with Crippen LogP contribution < -0.4 is 4.72 Å². The Balaban J connectivity index is 1.58. The van der Waals surface area contributed by atoms with Gasteiger partial charge in [-0.15, -0.1) is 0 Å². The molecule has 2 atom stereocenters. The number of aliphatic imine (C=N–C) groups is 1. The summed E-state index contributed by atoms with van der Waals surface area (Å²) in [6.45, 7) is 0. The van der Waals surface area contributed by atoms with Gasteiger partial charge in [0.05, 0.1) is 24.0 Å². The molecule has 3 aliphatic rings. The van der Waals surface area contributed by atoms with Crippen LogP contribution in [0.4, 0.5) is 5.69 Å². The lowest BCUT2D eigenvalue weighted by molar-refractivity contribution is 0.305. The number of benzene rings is 1. The van der Waals surface area contributed by atoms with Gasteiger partial charge < -0.3 is 4.90 Å². The van der Waals surface area contributed by atoms with E-state index < -0.39 is 10.0 Å². The summed E-state index contributed by atoms with van der Waals surface area (Å²) in [5.74, 6) is 0. The molecule has 1 aromatic carbocycles. The van der Waals surface area contributed by atoms with Crippen LogP contribution in [0.3, 0.4) is 0 Å². The van der Waals surface area contributed by atoms with Gasteiger partial charge in [0.2, 0.25) is 10.0 Å². The first kappa shape index (κ1) is 15.1. The van der Waals surface area contributed by atoms with Gasteiger partial charge in [0, 0.05) is 11.1 Å². The van der Waals surface area contributed by atoms with E-state index in [0.717, 1.165) is 17.0 Å². The van der Waals surface area contributed by atoms with Gasteiger partial charge in [-0.1, -0.05) is 36.7 Å². The van der Waals surface area contributed by atoms with E-state index in [-0.39, 0.29) is 0 Å². The first-order chi connectivity index (χ1) is 11.0. The van der Waals surface area contributed by atoms with Crippen LogP contribution in [0, 0.1) is 0 Å². The highest BCUT2D eigenvalue weighted by Gasteiger charge is 2.41. The maximum Gasteiger partial charge on any atom is 0.229 e. The Morgan fingerprint density at radius 1 is 1.22 bits per heavy atom. The van der Waals surface area contributed by atoms with E-state index >= 15 is 0 Å². The van der Waals surface area contributed by atoms with Crippen molar-refractivity contribution in [3.63, 3.8) is 0 Å². The van der Waals surface area contributed by atoms with Crippen LogP contribution in [-0.4, -0.2) is 36.8 Å². The second-order valence-electron chi connectivity index (χ2n) is 6.27. The van der Waals surface area contributed by atoms with Gasteiger partial charge >= 0.3 is 0 Å². The van der Waals surface area contributed by atoms with Crippen molar-refractivity contribution >= 4 is 38.3 Å². The maximum absolute atomic E-state index is 11.3. The monoisotopic (exact) mass is 349 g/mol. The molecule has 0 spiro atoms. The van der Waals surface area contributed by atoms with Crippen molar-refractivity contribution in [2.45, 2.75) is 37.8 Å². The number of anilines is 1. The zero-order valence-corrected chi connectivity index (χ0v) is 14.5. The third-order valence-corrected chi connectivity index (χ3v) is 5.99. The largest absolute Gasteiger partial charge is 0.315 e. The van der Waals surface area contributed by atoms with Crippen molar-refractivity contribution in [2.24, 2.45) is 4.99 Å². The highest BCUT2D eigenvalue weighted by atomic mass is 32.2. The number of rotatable bonds is 3. The van der Waals surface area contributed by atoms with Gasteiger partial charge in [-0.25, -0.2) is 8.42 Å². The molecule has 0 bridgehead atoms. The minimum atomic E-state index is -3.24. The van der Waals surface area contributed by atoms with E-state index in [9.17, 15) is 8.42 Å². The molecule has 4 rings (SSSR count). The number of hydrogen-bond acceptors (Lipinski definition) is 5. The van der Waals surface area contributed by atoms with Gasteiger partial charge in [-0.2, -0.15) is 0 Å². The third-order valence-electron chi connectivity index (χ3n) is 4.53. The summed E-state index contributed by atoms with van der Waals surface area (Å²) < 4.78 is 25.1. The quantitative estimate of drug-likeness (QED) is 0.911. The van der Waals surface area contributed by atoms with Crippen molar-refractivity contribution in [1.82, 2.24) is 4.90 Å². The Kier molecular flexibility index (Phi) is 3.65. The minimum Gasteiger partial charge on any atom is -0.315 e. The lowest BCUT2D eigenvalue weighted by Crippen LogP contribution is -2.38. The van der Waals surface area contributed by atoms with Crippen molar-refractivity contribution in [2.75, 3.05) is 11.0 Å². The lowest BCUT2D eigenvalue weighted by Gasteiger charge is -2.32. The number of fused-ring (bicyclic) bond motifs is 3. The Hall–Kier alpha value is -1.47. The van der Waals surface area contributed by atoms with E-state index in [1.807, 2.05) is 24.3 Å². The number of nitrogens with zero attached hydrogens (tertiary/aromatic N) is 2. The molecule has 0 unspecified atom stereocenters. The highest BCUT2D eigenvalue weighted by Crippen LogP contribution is 2.44. The molecule has 1 fully saturated rings. The van der Waals surface area contributed by atoms with Gasteiger partial charge in [0.15, 0.2) is 5.17 Å². The van der Waals surface area contributed by atoms with Crippen molar-refractivity contribution in [3.8, 4) is 0 Å². The van der Waals surface area contributed by atoms with Crippen molar-refractivity contribution in [3.05, 3.63) is 35.2 Å². The normalized spacial score (nSPS) is 26.4. The molecular formula is C16H19N3O2S2. The second-order valence-corrected chi connectivity index (χ2v) is 8.86. The molecule has 0 amide bonds. The van der Waals surface area contributed by atoms with Crippen LogP contribution in [0.2, 0.25) is 0 Å². The van der Waals surface area contributed by atoms with Crippen LogP contribution in [0.25, 0.3) is 5.70 Å². The molecule has 0 aromatic heterocycles. The number of hydrogen-bond donors (Lipinski definition) is 1. The van der Waals surface area contributed by atoms with Crippen molar-refractivity contribution in [1.29, 1.82) is 0 Å². The topological polar surface area (TPSA) is 61.8 Å². The fourth-order valence-electron chi connectivity index (χ4n) is 3.55. The van der Waals surface area contributed by atoms with Crippen LogP contribution in [0.15, 0.2) is 34.7 Å². The zero-order chi connectivity index (χ0) is 16.0. The molecule has 0 saturated heterocycles. The highest BCUT2D eigenvalue weighted by molar-refractivity contribution is 8.16. The lowest BCUT2D eigenvalue weighted by atomic mass is 9.90. The molecule has 0 radical (unpaired) electrons. The molecule has 2 aliphatic heterocycles. The van der Waals surface area contributed by atoms with Crippen LogP contribution >= 0.6 is 11.8 Å². The smallest absolute Gasteiger partial charge is 0.229 e. The van der Waals surface area contributed by atoms with Gasteiger partial charge in [-0.3, -0.25) is 9.71 Å². The summed E-state index contributed by atoms with van der Waals surface area (Å²) in [4.78, 5) is 7.26. The van der Waals surface area contributed by atoms with E-state index in [2.05, 4.69) is 15.0 Å². The summed E-state index contributed by atoms with van der Waals surface area (Å²) >= 11 is 1.70. The van der Waals surface area contributed by atoms with Crippen LogP contribution in [0.1, 0.15) is 31.2 Å². The molecule has 5 nitrogen and oxygen atoms in total. The predicted molar refractivity (Wildman–Crippen MR) is 95.8 cm³/mol. The average molecular weight is 349 g/mol. The average Bonchev–Trinajstić information content (AvgIpc) is 3.05. The minimum absolute atomic E-state index is 0.445. The van der Waals surface area contributed by atoms with E-state index in [0.29, 0.717) is 17.8 Å². The summed E-state index contributed by atoms with van der Waals surface area (Å²) in [7, 11) is -3.24. The molecule has 1 aliphatic carbocycles. The van der Waals surface area contributed by atoms with Crippen molar-refractivity contribution < 1.29 is 8.42 Å². The second kappa shape index (κ2) is 5.56. The summed E-state index contributed by atoms with van der Waals surface area (Å²) in [5.41, 5.74) is 2.88. The maximum atomic E-state index is 11.3. The standard InChI is InChI=1S/C16H19N3O2S2/c1-23(20,21)18-12-8-6-11(7-9-12)15-10-22-16-17-13-4-2-3-5-14(13)19(15)16/h6-10,13-14,18H,2-5H2,1H3/t13-,14-/m0/s1. The van der Waals surface area contributed by atoms with Gasteiger partial charge in [0.1, 0.15) is 0 Å². The predicted octanol–water partition coefficient (Wildman–Crippen LogP) is 3.09. The molecule has 1 aromatic rings. The van der Waals surface area contributed by atoms with E-state index in [1.165, 1.54) is 31.4 Å². The first-order valence-corrected chi connectivity index (χ1v) is 10.6. The molecule has 2 heterocycles. The number of thioether (sulfide) groups is 1. The van der Waals surface area contributed by atoms with E-state index in [1.54, 1.807) is 11.8 Å². The number of nitrogens with one attached hydrogen (secondary N) is 1. The number of sulfonamides is 1. The molecule has 1 saturated carbocycles. The van der Waals surface area contributed by atoms with E-state index in [4.69, 9.17) is 4.99 Å². The molecule has 7 heteroatoms. The third kappa shape index (κ3) is 2.87. The number of amidine groups is 1. The Morgan fingerprint density at radius 2 is 1.96 bits per heavy atom. The fourth-order valence-corrected chi connectivity index (χ4v) is 5.13. The summed E-state index contributed by atoms with van der Waals surface area (Å²) in [6.07, 6.45) is 6.10. The van der Waals surface area contributed by atoms with Crippen LogP contribution in [-0.2, 0) is 10.0 Å². The zero-order valence-electron chi connectivity index (χ0n) is 12.9. The first-order valence-electron chi connectivity index (χ1n) is 7.83. The summed E-state index contributed by atoms with van der Waals surface area (Å²) in [6, 6.07) is 8.50.